The van der Waals surface area contributed by atoms with E-state index in [1.165, 1.54) is 0 Å². The third-order valence-electron chi connectivity index (χ3n) is 1.97. The van der Waals surface area contributed by atoms with Gasteiger partial charge in [0.2, 0.25) is 0 Å². The Morgan fingerprint density at radius 3 is 2.73 bits per heavy atom. The van der Waals surface area contributed by atoms with Gasteiger partial charge in [0.05, 0.1) is 6.10 Å². The van der Waals surface area contributed by atoms with Crippen molar-refractivity contribution in [1.82, 2.24) is 5.32 Å². The minimum atomic E-state index is -0.996. The Morgan fingerprint density at radius 2 is 2.18 bits per heavy atom. The van der Waals surface area contributed by atoms with E-state index in [4.69, 9.17) is 10.2 Å². The molecule has 1 amide bonds. The van der Waals surface area contributed by atoms with Gasteiger partial charge >= 0.3 is 6.09 Å². The van der Waals surface area contributed by atoms with Crippen LogP contribution in [0.15, 0.2) is 0 Å². The van der Waals surface area contributed by atoms with Crippen molar-refractivity contribution in [2.45, 2.75) is 37.8 Å². The van der Waals surface area contributed by atoms with E-state index >= 15 is 0 Å². The summed E-state index contributed by atoms with van der Waals surface area (Å²) in [5.74, 6) is 0. The number of aliphatic hydroxyl groups is 1. The van der Waals surface area contributed by atoms with E-state index in [0.717, 1.165) is 19.3 Å². The molecule has 0 aromatic heterocycles. The Bertz CT molecular complexity index is 149. The fourth-order valence-electron chi connectivity index (χ4n) is 1.47. The predicted octanol–water partition coefficient (Wildman–Crippen LogP) is 0.557. The lowest BCUT2D eigenvalue weighted by atomic mass is 9.93. The van der Waals surface area contributed by atoms with Crippen molar-refractivity contribution in [3.63, 3.8) is 0 Å². The summed E-state index contributed by atoms with van der Waals surface area (Å²) in [6, 6.07) is -0.0451. The molecule has 0 bridgehead atoms. The third-order valence-corrected chi connectivity index (χ3v) is 1.97. The molecule has 1 aliphatic rings. The largest absolute Gasteiger partial charge is 0.465 e. The van der Waals surface area contributed by atoms with Crippen LogP contribution in [0.2, 0.25) is 0 Å². The van der Waals surface area contributed by atoms with E-state index in [9.17, 15) is 4.79 Å². The quantitative estimate of drug-likeness (QED) is 0.523. The third kappa shape index (κ3) is 2.76. The van der Waals surface area contributed by atoms with Crippen molar-refractivity contribution >= 4 is 6.09 Å². The molecule has 1 saturated carbocycles. The zero-order valence-corrected chi connectivity index (χ0v) is 6.29. The summed E-state index contributed by atoms with van der Waals surface area (Å²) in [4.78, 5) is 10.2. The van der Waals surface area contributed by atoms with Crippen LogP contribution in [0.5, 0.6) is 0 Å². The molecule has 1 aliphatic carbocycles. The molecule has 4 nitrogen and oxygen atoms in total. The average Bonchev–Trinajstić information content (AvgIpc) is 1.85. The summed E-state index contributed by atoms with van der Waals surface area (Å²) in [6.45, 7) is 0. The molecule has 0 aromatic rings. The first-order chi connectivity index (χ1) is 5.18. The maximum absolute atomic E-state index is 10.2. The van der Waals surface area contributed by atoms with Gasteiger partial charge in [0.1, 0.15) is 0 Å². The van der Waals surface area contributed by atoms with E-state index in [1.54, 1.807) is 0 Å². The van der Waals surface area contributed by atoms with E-state index in [-0.39, 0.29) is 12.1 Å². The molecule has 11 heavy (non-hydrogen) atoms. The number of nitrogens with one attached hydrogen (secondary N) is 1. The summed E-state index contributed by atoms with van der Waals surface area (Å²) in [5, 5.41) is 19.9. The average molecular weight is 159 g/mol. The number of hydrogen-bond donors (Lipinski definition) is 3. The van der Waals surface area contributed by atoms with Crippen molar-refractivity contribution in [1.29, 1.82) is 0 Å². The molecule has 0 radical (unpaired) electrons. The van der Waals surface area contributed by atoms with Crippen LogP contribution in [0.25, 0.3) is 0 Å². The van der Waals surface area contributed by atoms with Crippen molar-refractivity contribution < 1.29 is 15.0 Å². The van der Waals surface area contributed by atoms with Gasteiger partial charge in [-0.3, -0.25) is 0 Å². The van der Waals surface area contributed by atoms with Crippen molar-refractivity contribution in [2.24, 2.45) is 0 Å². The first kappa shape index (κ1) is 8.33. The summed E-state index contributed by atoms with van der Waals surface area (Å²) in [5.41, 5.74) is 0. The highest BCUT2D eigenvalue weighted by atomic mass is 16.4. The second-order valence-electron chi connectivity index (χ2n) is 2.97. The van der Waals surface area contributed by atoms with Gasteiger partial charge in [-0.25, -0.2) is 4.79 Å². The smallest absolute Gasteiger partial charge is 0.404 e. The number of aliphatic hydroxyl groups excluding tert-OH is 1. The maximum atomic E-state index is 10.2. The summed E-state index contributed by atoms with van der Waals surface area (Å²) in [6.07, 6.45) is 1.81. The number of rotatable bonds is 1. The molecule has 0 heterocycles. The van der Waals surface area contributed by atoms with Gasteiger partial charge in [0.25, 0.3) is 0 Å². The van der Waals surface area contributed by atoms with Crippen LogP contribution in [-0.4, -0.2) is 28.5 Å². The molecule has 1 rings (SSSR count). The van der Waals surface area contributed by atoms with E-state index < -0.39 is 6.09 Å². The topological polar surface area (TPSA) is 69.6 Å². The summed E-state index contributed by atoms with van der Waals surface area (Å²) >= 11 is 0. The zero-order valence-electron chi connectivity index (χ0n) is 6.29. The number of amides is 1. The first-order valence-electron chi connectivity index (χ1n) is 3.86. The first-order valence-corrected chi connectivity index (χ1v) is 3.86. The normalized spacial score (nSPS) is 31.4. The van der Waals surface area contributed by atoms with Crippen LogP contribution in [0.1, 0.15) is 25.7 Å². The molecule has 4 heteroatoms. The molecular formula is C7H13NO3. The van der Waals surface area contributed by atoms with Crippen LogP contribution in [0, 0.1) is 0 Å². The van der Waals surface area contributed by atoms with Gasteiger partial charge in [-0.15, -0.1) is 0 Å². The fraction of sp³-hybridized carbons (Fsp3) is 0.857. The molecule has 0 aromatic carbocycles. The van der Waals surface area contributed by atoms with Crippen LogP contribution < -0.4 is 5.32 Å². The van der Waals surface area contributed by atoms with Gasteiger partial charge in [0, 0.05) is 6.04 Å². The van der Waals surface area contributed by atoms with Crippen LogP contribution >= 0.6 is 0 Å². The number of carboxylic acid groups (broad SMARTS) is 1. The van der Waals surface area contributed by atoms with E-state index in [0.29, 0.717) is 6.42 Å². The highest BCUT2D eigenvalue weighted by Crippen LogP contribution is 2.17. The molecule has 0 spiro atoms. The fourth-order valence-corrected chi connectivity index (χ4v) is 1.47. The van der Waals surface area contributed by atoms with Crippen molar-refractivity contribution in [3.05, 3.63) is 0 Å². The highest BCUT2D eigenvalue weighted by Gasteiger charge is 2.20. The van der Waals surface area contributed by atoms with Crippen LogP contribution in [-0.2, 0) is 0 Å². The van der Waals surface area contributed by atoms with Crippen molar-refractivity contribution in [3.8, 4) is 0 Å². The van der Waals surface area contributed by atoms with Crippen LogP contribution in [0.4, 0.5) is 4.79 Å². The minimum absolute atomic E-state index is 0.0451. The summed E-state index contributed by atoms with van der Waals surface area (Å²) < 4.78 is 0. The molecule has 3 N–H and O–H groups in total. The molecule has 2 atom stereocenters. The second kappa shape index (κ2) is 3.57. The van der Waals surface area contributed by atoms with Gasteiger partial charge in [-0.2, -0.15) is 0 Å². The Balaban J connectivity index is 2.28. The molecule has 0 aliphatic heterocycles. The molecule has 1 fully saturated rings. The number of carbonyl (C=O) groups is 1. The lowest BCUT2D eigenvalue weighted by molar-refractivity contribution is 0.109. The predicted molar refractivity (Wildman–Crippen MR) is 39.4 cm³/mol. The molecule has 0 unspecified atom stereocenters. The van der Waals surface area contributed by atoms with Gasteiger partial charge in [-0.1, -0.05) is 0 Å². The minimum Gasteiger partial charge on any atom is -0.465 e. The second-order valence-corrected chi connectivity index (χ2v) is 2.97. The zero-order chi connectivity index (χ0) is 8.27. The molecular weight excluding hydrogens is 146 g/mol. The van der Waals surface area contributed by atoms with E-state index in [1.807, 2.05) is 0 Å². The number of hydrogen-bond acceptors (Lipinski definition) is 2. The lowest BCUT2D eigenvalue weighted by Crippen LogP contribution is -2.38. The Labute approximate surface area is 65.2 Å². The van der Waals surface area contributed by atoms with Gasteiger partial charge in [0.15, 0.2) is 0 Å². The standard InChI is InChI=1S/C7H13NO3/c9-6-3-1-2-5(4-6)8-7(10)11/h5-6,8-9H,1-4H2,(H,10,11)/t5-,6-/m1/s1. The van der Waals surface area contributed by atoms with Crippen molar-refractivity contribution in [2.75, 3.05) is 0 Å². The molecule has 0 saturated heterocycles. The highest BCUT2D eigenvalue weighted by molar-refractivity contribution is 5.64. The van der Waals surface area contributed by atoms with Gasteiger partial charge < -0.3 is 15.5 Å². The maximum Gasteiger partial charge on any atom is 0.404 e. The Kier molecular flexibility index (Phi) is 2.70. The monoisotopic (exact) mass is 159 g/mol. The Hall–Kier alpha value is -0.770. The van der Waals surface area contributed by atoms with Gasteiger partial charge in [-0.05, 0) is 25.7 Å². The SMILES string of the molecule is O=C(O)N[C@@H]1CCC[C@@H](O)C1. The van der Waals surface area contributed by atoms with E-state index in [2.05, 4.69) is 5.32 Å². The lowest BCUT2D eigenvalue weighted by Gasteiger charge is -2.25. The molecule has 64 valence electrons. The summed E-state index contributed by atoms with van der Waals surface area (Å²) in [7, 11) is 0. The van der Waals surface area contributed by atoms with Crippen LogP contribution in [0.3, 0.4) is 0 Å². The Morgan fingerprint density at radius 1 is 1.45 bits per heavy atom.